The van der Waals surface area contributed by atoms with Crippen molar-refractivity contribution in [1.29, 1.82) is 0 Å². The van der Waals surface area contributed by atoms with E-state index >= 15 is 0 Å². The molecule has 1 aliphatic heterocycles. The van der Waals surface area contributed by atoms with Gasteiger partial charge in [-0.25, -0.2) is 0 Å². The second-order valence-corrected chi connectivity index (χ2v) is 8.41. The standard InChI is InChI=1S/C19H22ClNO4S/c1-14-12-19(25-26(22,23)18-5-3-17(20)4-6-18)15(2)11-16(14)13-21-7-9-24-10-8-21/h3-6,11-12H,7-10,13H2,1-2H3. The SMILES string of the molecule is Cc1cc(OS(=O)(=O)c2ccc(Cl)cc2)c(C)cc1CN1CCOCC1. The lowest BCUT2D eigenvalue weighted by atomic mass is 10.0. The summed E-state index contributed by atoms with van der Waals surface area (Å²) in [5.41, 5.74) is 2.96. The van der Waals surface area contributed by atoms with Gasteiger partial charge in [-0.2, -0.15) is 8.42 Å². The van der Waals surface area contributed by atoms with Crippen molar-refractivity contribution in [3.05, 3.63) is 58.1 Å². The predicted molar refractivity (Wildman–Crippen MR) is 101 cm³/mol. The zero-order chi connectivity index (χ0) is 18.7. The summed E-state index contributed by atoms with van der Waals surface area (Å²) in [5, 5.41) is 0.475. The third-order valence-corrected chi connectivity index (χ3v) is 5.93. The molecule has 0 atom stereocenters. The highest BCUT2D eigenvalue weighted by molar-refractivity contribution is 7.87. The Labute approximate surface area is 159 Å². The smallest absolute Gasteiger partial charge is 0.339 e. The van der Waals surface area contributed by atoms with Crippen molar-refractivity contribution in [2.75, 3.05) is 26.3 Å². The van der Waals surface area contributed by atoms with Gasteiger partial charge in [0.15, 0.2) is 0 Å². The Kier molecular flexibility index (Phi) is 5.87. The van der Waals surface area contributed by atoms with Gasteiger partial charge in [0.25, 0.3) is 0 Å². The van der Waals surface area contributed by atoms with Gasteiger partial charge in [0.1, 0.15) is 10.6 Å². The second kappa shape index (κ2) is 7.96. The van der Waals surface area contributed by atoms with Crippen molar-refractivity contribution in [1.82, 2.24) is 4.90 Å². The van der Waals surface area contributed by atoms with E-state index in [0.717, 1.165) is 44.0 Å². The molecule has 3 rings (SSSR count). The molecule has 0 aromatic heterocycles. The van der Waals surface area contributed by atoms with Crippen molar-refractivity contribution in [2.24, 2.45) is 0 Å². The molecule has 26 heavy (non-hydrogen) atoms. The van der Waals surface area contributed by atoms with Crippen LogP contribution in [-0.2, 0) is 21.4 Å². The van der Waals surface area contributed by atoms with E-state index in [9.17, 15) is 8.42 Å². The molecule has 1 heterocycles. The van der Waals surface area contributed by atoms with E-state index in [1.165, 1.54) is 29.8 Å². The normalized spacial score (nSPS) is 15.8. The van der Waals surface area contributed by atoms with Crippen LogP contribution in [0.1, 0.15) is 16.7 Å². The van der Waals surface area contributed by atoms with Crippen LogP contribution < -0.4 is 4.18 Å². The topological polar surface area (TPSA) is 55.8 Å². The van der Waals surface area contributed by atoms with Gasteiger partial charge in [-0.05, 0) is 60.9 Å². The van der Waals surface area contributed by atoms with Crippen LogP contribution in [-0.4, -0.2) is 39.6 Å². The molecular formula is C19H22ClNO4S. The van der Waals surface area contributed by atoms with E-state index in [2.05, 4.69) is 4.90 Å². The molecule has 7 heteroatoms. The summed E-state index contributed by atoms with van der Waals surface area (Å²) in [4.78, 5) is 2.41. The number of aryl methyl sites for hydroxylation is 2. The lowest BCUT2D eigenvalue weighted by Gasteiger charge is -2.27. The fourth-order valence-corrected chi connectivity index (χ4v) is 3.98. The van der Waals surface area contributed by atoms with E-state index in [1.54, 1.807) is 6.07 Å². The number of ether oxygens (including phenoxy) is 1. The van der Waals surface area contributed by atoms with Gasteiger partial charge in [-0.1, -0.05) is 17.7 Å². The largest absolute Gasteiger partial charge is 0.379 e. The van der Waals surface area contributed by atoms with Gasteiger partial charge < -0.3 is 8.92 Å². The molecule has 1 saturated heterocycles. The molecule has 0 N–H and O–H groups in total. The first kappa shape index (κ1) is 19.2. The van der Waals surface area contributed by atoms with Crippen molar-refractivity contribution in [3.63, 3.8) is 0 Å². The van der Waals surface area contributed by atoms with Gasteiger partial charge in [-0.3, -0.25) is 4.90 Å². The summed E-state index contributed by atoms with van der Waals surface area (Å²) in [7, 11) is -3.89. The Morgan fingerprint density at radius 2 is 1.73 bits per heavy atom. The number of nitrogens with zero attached hydrogens (tertiary/aromatic N) is 1. The molecule has 2 aromatic rings. The van der Waals surface area contributed by atoms with Gasteiger partial charge in [0.2, 0.25) is 0 Å². The summed E-state index contributed by atoms with van der Waals surface area (Å²) < 4.78 is 35.7. The predicted octanol–water partition coefficient (Wildman–Crippen LogP) is 3.56. The number of hydrogen-bond donors (Lipinski definition) is 0. The summed E-state index contributed by atoms with van der Waals surface area (Å²) >= 11 is 5.82. The van der Waals surface area contributed by atoms with Crippen LogP contribution in [0.2, 0.25) is 5.02 Å². The molecule has 2 aromatic carbocycles. The third-order valence-electron chi connectivity index (χ3n) is 4.43. The maximum absolute atomic E-state index is 12.5. The molecule has 0 radical (unpaired) electrons. The fraction of sp³-hybridized carbons (Fsp3) is 0.368. The van der Waals surface area contributed by atoms with Crippen LogP contribution in [0.15, 0.2) is 41.3 Å². The lowest BCUT2D eigenvalue weighted by Crippen LogP contribution is -2.35. The zero-order valence-electron chi connectivity index (χ0n) is 14.9. The van der Waals surface area contributed by atoms with Gasteiger partial charge in [-0.15, -0.1) is 0 Å². The zero-order valence-corrected chi connectivity index (χ0v) is 16.4. The minimum atomic E-state index is -3.89. The molecule has 0 amide bonds. The highest BCUT2D eigenvalue weighted by Gasteiger charge is 2.19. The molecule has 0 spiro atoms. The summed E-state index contributed by atoms with van der Waals surface area (Å²) in [6, 6.07) is 9.72. The number of hydrogen-bond acceptors (Lipinski definition) is 5. The maximum Gasteiger partial charge on any atom is 0.339 e. The molecule has 1 fully saturated rings. The van der Waals surface area contributed by atoms with Crippen LogP contribution in [0.5, 0.6) is 5.75 Å². The van der Waals surface area contributed by atoms with Gasteiger partial charge in [0.05, 0.1) is 13.2 Å². The van der Waals surface area contributed by atoms with Crippen LogP contribution in [0, 0.1) is 13.8 Å². The van der Waals surface area contributed by atoms with E-state index in [1.807, 2.05) is 19.9 Å². The van der Waals surface area contributed by atoms with E-state index in [-0.39, 0.29) is 4.90 Å². The first-order valence-corrected chi connectivity index (χ1v) is 10.2. The molecule has 5 nitrogen and oxygen atoms in total. The summed E-state index contributed by atoms with van der Waals surface area (Å²) in [6.07, 6.45) is 0. The Hall–Kier alpha value is -1.60. The molecule has 0 saturated carbocycles. The minimum Gasteiger partial charge on any atom is -0.379 e. The summed E-state index contributed by atoms with van der Waals surface area (Å²) in [5.74, 6) is 0.350. The quantitative estimate of drug-likeness (QED) is 0.724. The minimum absolute atomic E-state index is 0.0800. The van der Waals surface area contributed by atoms with Crippen molar-refractivity contribution in [2.45, 2.75) is 25.3 Å². The van der Waals surface area contributed by atoms with Crippen LogP contribution in [0.4, 0.5) is 0 Å². The molecule has 0 aliphatic carbocycles. The van der Waals surface area contributed by atoms with E-state index < -0.39 is 10.1 Å². The molecule has 0 bridgehead atoms. The molecule has 0 unspecified atom stereocenters. The highest BCUT2D eigenvalue weighted by Crippen LogP contribution is 2.27. The number of benzene rings is 2. The van der Waals surface area contributed by atoms with Crippen LogP contribution in [0.3, 0.4) is 0 Å². The summed E-state index contributed by atoms with van der Waals surface area (Å²) in [6.45, 7) is 7.95. The van der Waals surface area contributed by atoms with Crippen molar-refractivity contribution >= 4 is 21.7 Å². The Morgan fingerprint density at radius 1 is 1.08 bits per heavy atom. The molecule has 140 valence electrons. The number of halogens is 1. The molecular weight excluding hydrogens is 374 g/mol. The monoisotopic (exact) mass is 395 g/mol. The Morgan fingerprint density at radius 3 is 2.38 bits per heavy atom. The van der Waals surface area contributed by atoms with Crippen LogP contribution >= 0.6 is 11.6 Å². The van der Waals surface area contributed by atoms with Gasteiger partial charge in [0, 0.05) is 24.7 Å². The number of rotatable bonds is 5. The van der Waals surface area contributed by atoms with Crippen molar-refractivity contribution < 1.29 is 17.3 Å². The fourth-order valence-electron chi connectivity index (χ4n) is 2.88. The number of morpholine rings is 1. The lowest BCUT2D eigenvalue weighted by molar-refractivity contribution is 0.0341. The molecule has 1 aliphatic rings. The Balaban J connectivity index is 1.80. The van der Waals surface area contributed by atoms with E-state index in [4.69, 9.17) is 20.5 Å². The average molecular weight is 396 g/mol. The third kappa shape index (κ3) is 4.57. The van der Waals surface area contributed by atoms with Crippen LogP contribution in [0.25, 0.3) is 0 Å². The highest BCUT2D eigenvalue weighted by atomic mass is 35.5. The van der Waals surface area contributed by atoms with E-state index in [0.29, 0.717) is 10.8 Å². The first-order chi connectivity index (χ1) is 12.3. The van der Waals surface area contributed by atoms with Gasteiger partial charge >= 0.3 is 10.1 Å². The van der Waals surface area contributed by atoms with Crippen molar-refractivity contribution in [3.8, 4) is 5.75 Å². The second-order valence-electron chi connectivity index (χ2n) is 6.42. The maximum atomic E-state index is 12.5. The average Bonchev–Trinajstić information content (AvgIpc) is 2.60. The Bertz CT molecular complexity index is 875. The first-order valence-electron chi connectivity index (χ1n) is 8.45.